The van der Waals surface area contributed by atoms with Crippen LogP contribution < -0.4 is 5.32 Å². The number of halogens is 1. The summed E-state index contributed by atoms with van der Waals surface area (Å²) in [6.45, 7) is 1.81. The van der Waals surface area contributed by atoms with Crippen molar-refractivity contribution in [3.8, 4) is 6.07 Å². The molecular formula is C15H14FN3O. The molecule has 20 heavy (non-hydrogen) atoms. The van der Waals surface area contributed by atoms with Crippen LogP contribution in [0.3, 0.4) is 0 Å². The van der Waals surface area contributed by atoms with E-state index in [2.05, 4.69) is 10.3 Å². The van der Waals surface area contributed by atoms with Gasteiger partial charge in [-0.05, 0) is 36.8 Å². The molecule has 2 rings (SSSR count). The van der Waals surface area contributed by atoms with Crippen LogP contribution in [-0.4, -0.2) is 16.1 Å². The van der Waals surface area contributed by atoms with E-state index in [-0.39, 0.29) is 11.9 Å². The summed E-state index contributed by atoms with van der Waals surface area (Å²) in [5.74, 6) is -0.335. The Labute approximate surface area is 116 Å². The predicted octanol–water partition coefficient (Wildman–Crippen LogP) is 2.63. The lowest BCUT2D eigenvalue weighted by Crippen LogP contribution is -2.24. The molecule has 0 fully saturated rings. The summed E-state index contributed by atoms with van der Waals surface area (Å²) in [6, 6.07) is 10.7. The number of nitrogens with zero attached hydrogens (tertiary/aromatic N) is 2. The highest BCUT2D eigenvalue weighted by Crippen LogP contribution is 2.20. The van der Waals surface area contributed by atoms with Gasteiger partial charge in [-0.1, -0.05) is 12.1 Å². The van der Waals surface area contributed by atoms with Crippen LogP contribution in [0.25, 0.3) is 0 Å². The Morgan fingerprint density at radius 3 is 2.50 bits per heavy atom. The van der Waals surface area contributed by atoms with Gasteiger partial charge in [0.1, 0.15) is 17.6 Å². The standard InChI is InChI=1S/C15H14FN3O/c1-10(15(20)11-2-4-12(16)5-3-11)19-14-7-6-13(8-17)18-9-14/h2-7,9-10,15,19-20H,1H3/t10-,15-/m0/s1. The summed E-state index contributed by atoms with van der Waals surface area (Å²) in [5, 5.41) is 21.9. The number of nitriles is 1. The lowest BCUT2D eigenvalue weighted by atomic mass is 10.0. The quantitative estimate of drug-likeness (QED) is 0.897. The van der Waals surface area contributed by atoms with Crippen molar-refractivity contribution in [2.24, 2.45) is 0 Å². The first-order valence-electron chi connectivity index (χ1n) is 6.16. The monoisotopic (exact) mass is 271 g/mol. The maximum absolute atomic E-state index is 12.8. The highest BCUT2D eigenvalue weighted by atomic mass is 19.1. The lowest BCUT2D eigenvalue weighted by molar-refractivity contribution is 0.160. The number of aliphatic hydroxyl groups is 1. The van der Waals surface area contributed by atoms with Crippen molar-refractivity contribution in [3.63, 3.8) is 0 Å². The van der Waals surface area contributed by atoms with Gasteiger partial charge in [-0.2, -0.15) is 5.26 Å². The van der Waals surface area contributed by atoms with Gasteiger partial charge in [0.05, 0.1) is 24.0 Å². The number of aromatic nitrogens is 1. The van der Waals surface area contributed by atoms with E-state index < -0.39 is 6.10 Å². The zero-order chi connectivity index (χ0) is 14.5. The minimum atomic E-state index is -0.772. The minimum absolute atomic E-state index is 0.282. The third-order valence-corrected chi connectivity index (χ3v) is 2.96. The van der Waals surface area contributed by atoms with Crippen LogP contribution in [0.15, 0.2) is 42.6 Å². The van der Waals surface area contributed by atoms with Crippen LogP contribution >= 0.6 is 0 Å². The maximum Gasteiger partial charge on any atom is 0.140 e. The number of aliphatic hydroxyl groups excluding tert-OH is 1. The van der Waals surface area contributed by atoms with E-state index in [4.69, 9.17) is 5.26 Å². The average molecular weight is 271 g/mol. The molecule has 102 valence electrons. The van der Waals surface area contributed by atoms with Gasteiger partial charge in [0.25, 0.3) is 0 Å². The third kappa shape index (κ3) is 3.31. The smallest absolute Gasteiger partial charge is 0.140 e. The minimum Gasteiger partial charge on any atom is -0.386 e. The van der Waals surface area contributed by atoms with Gasteiger partial charge >= 0.3 is 0 Å². The second kappa shape index (κ2) is 6.13. The third-order valence-electron chi connectivity index (χ3n) is 2.96. The highest BCUT2D eigenvalue weighted by molar-refractivity contribution is 5.44. The number of hydrogen-bond acceptors (Lipinski definition) is 4. The van der Waals surface area contributed by atoms with Crippen LogP contribution in [0.1, 0.15) is 24.3 Å². The van der Waals surface area contributed by atoms with E-state index in [0.717, 1.165) is 0 Å². The van der Waals surface area contributed by atoms with Crippen molar-refractivity contribution in [2.45, 2.75) is 19.1 Å². The molecule has 2 aromatic rings. The van der Waals surface area contributed by atoms with Gasteiger partial charge in [-0.25, -0.2) is 9.37 Å². The largest absolute Gasteiger partial charge is 0.386 e. The molecule has 4 nitrogen and oxygen atoms in total. The first kappa shape index (κ1) is 14.0. The van der Waals surface area contributed by atoms with Gasteiger partial charge in [0.2, 0.25) is 0 Å². The molecule has 0 spiro atoms. The lowest BCUT2D eigenvalue weighted by Gasteiger charge is -2.21. The molecule has 2 atom stereocenters. The molecular weight excluding hydrogens is 257 g/mol. The van der Waals surface area contributed by atoms with E-state index in [1.165, 1.54) is 18.3 Å². The highest BCUT2D eigenvalue weighted by Gasteiger charge is 2.16. The molecule has 0 saturated carbocycles. The average Bonchev–Trinajstić information content (AvgIpc) is 2.48. The van der Waals surface area contributed by atoms with Crippen molar-refractivity contribution in [1.29, 1.82) is 5.26 Å². The molecule has 0 saturated heterocycles. The second-order valence-electron chi connectivity index (χ2n) is 4.47. The molecule has 0 aliphatic rings. The Morgan fingerprint density at radius 1 is 1.25 bits per heavy atom. The zero-order valence-corrected chi connectivity index (χ0v) is 10.9. The Balaban J connectivity index is 2.05. The molecule has 0 aliphatic heterocycles. The normalized spacial score (nSPS) is 13.3. The Kier molecular flexibility index (Phi) is 4.28. The molecule has 0 aliphatic carbocycles. The van der Waals surface area contributed by atoms with Crippen molar-refractivity contribution >= 4 is 5.69 Å². The van der Waals surface area contributed by atoms with Gasteiger partial charge in [0, 0.05) is 0 Å². The Bertz CT molecular complexity index is 605. The van der Waals surface area contributed by atoms with Crippen LogP contribution in [0, 0.1) is 17.1 Å². The SMILES string of the molecule is C[C@H](Nc1ccc(C#N)nc1)[C@H](O)c1ccc(F)cc1. The summed E-state index contributed by atoms with van der Waals surface area (Å²) < 4.78 is 12.8. The first-order valence-corrected chi connectivity index (χ1v) is 6.16. The maximum atomic E-state index is 12.8. The van der Waals surface area contributed by atoms with Gasteiger partial charge < -0.3 is 10.4 Å². The summed E-state index contributed by atoms with van der Waals surface area (Å²) >= 11 is 0. The van der Waals surface area contributed by atoms with Gasteiger partial charge in [-0.3, -0.25) is 0 Å². The van der Waals surface area contributed by atoms with Crippen molar-refractivity contribution in [2.75, 3.05) is 5.32 Å². The number of pyridine rings is 1. The molecule has 5 heteroatoms. The van der Waals surface area contributed by atoms with E-state index in [9.17, 15) is 9.50 Å². The summed E-state index contributed by atoms with van der Waals surface area (Å²) in [6.07, 6.45) is 0.762. The molecule has 0 amide bonds. The van der Waals surface area contributed by atoms with Gasteiger partial charge in [0.15, 0.2) is 0 Å². The van der Waals surface area contributed by atoms with Crippen molar-refractivity contribution < 1.29 is 9.50 Å². The number of rotatable bonds is 4. The summed E-state index contributed by atoms with van der Waals surface area (Å²) in [4.78, 5) is 3.94. The van der Waals surface area contributed by atoms with Crippen molar-refractivity contribution in [1.82, 2.24) is 4.98 Å². The summed E-state index contributed by atoms with van der Waals surface area (Å²) in [5.41, 5.74) is 1.67. The topological polar surface area (TPSA) is 68.9 Å². The molecule has 2 N–H and O–H groups in total. The van der Waals surface area contributed by atoms with E-state index >= 15 is 0 Å². The molecule has 0 unspecified atom stereocenters. The number of anilines is 1. The molecule has 1 heterocycles. The fourth-order valence-corrected chi connectivity index (χ4v) is 1.84. The van der Waals surface area contributed by atoms with Crippen LogP contribution in [0.2, 0.25) is 0 Å². The van der Waals surface area contributed by atoms with E-state index in [1.54, 1.807) is 24.3 Å². The first-order chi connectivity index (χ1) is 9.60. The number of nitrogens with one attached hydrogen (secondary N) is 1. The second-order valence-corrected chi connectivity index (χ2v) is 4.47. The fraction of sp³-hybridized carbons (Fsp3) is 0.200. The predicted molar refractivity (Wildman–Crippen MR) is 73.4 cm³/mol. The molecule has 0 radical (unpaired) electrons. The zero-order valence-electron chi connectivity index (χ0n) is 10.9. The van der Waals surface area contributed by atoms with Crippen molar-refractivity contribution in [3.05, 3.63) is 59.7 Å². The molecule has 0 bridgehead atoms. The molecule has 1 aromatic heterocycles. The fourth-order valence-electron chi connectivity index (χ4n) is 1.84. The van der Waals surface area contributed by atoms with E-state index in [1.807, 2.05) is 13.0 Å². The van der Waals surface area contributed by atoms with Crippen LogP contribution in [0.4, 0.5) is 10.1 Å². The van der Waals surface area contributed by atoms with E-state index in [0.29, 0.717) is 16.9 Å². The summed E-state index contributed by atoms with van der Waals surface area (Å²) in [7, 11) is 0. The Hall–Kier alpha value is -2.45. The molecule has 1 aromatic carbocycles. The van der Waals surface area contributed by atoms with Crippen LogP contribution in [0.5, 0.6) is 0 Å². The number of hydrogen-bond donors (Lipinski definition) is 2. The van der Waals surface area contributed by atoms with Crippen LogP contribution in [-0.2, 0) is 0 Å². The Morgan fingerprint density at radius 2 is 1.95 bits per heavy atom. The van der Waals surface area contributed by atoms with Gasteiger partial charge in [-0.15, -0.1) is 0 Å². The number of benzene rings is 1.